The Kier molecular flexibility index (Phi) is 6.23. The Bertz CT molecular complexity index is 747. The van der Waals surface area contributed by atoms with E-state index in [1.165, 1.54) is 11.8 Å². The fourth-order valence-electron chi connectivity index (χ4n) is 1.83. The lowest BCUT2D eigenvalue weighted by molar-refractivity contribution is -0.119. The van der Waals surface area contributed by atoms with Crippen LogP contribution in [0.3, 0.4) is 0 Å². The van der Waals surface area contributed by atoms with Crippen molar-refractivity contribution in [1.29, 1.82) is 0 Å². The van der Waals surface area contributed by atoms with E-state index >= 15 is 0 Å². The van der Waals surface area contributed by atoms with Gasteiger partial charge in [0.05, 0.1) is 12.4 Å². The van der Waals surface area contributed by atoms with Crippen LogP contribution < -0.4 is 20.5 Å². The van der Waals surface area contributed by atoms with E-state index < -0.39 is 17.2 Å². The first kappa shape index (κ1) is 18.6. The summed E-state index contributed by atoms with van der Waals surface area (Å²) >= 11 is 1.17. The number of amides is 3. The molecule has 2 rings (SSSR count). The summed E-state index contributed by atoms with van der Waals surface area (Å²) in [6.07, 6.45) is 0. The third-order valence-electron chi connectivity index (χ3n) is 3.25. The number of thioether (sulfide) groups is 1. The summed E-state index contributed by atoms with van der Waals surface area (Å²) in [5.74, 6) is 1.53. The number of rotatable bonds is 7. The van der Waals surface area contributed by atoms with Gasteiger partial charge >= 0.3 is 6.03 Å². The number of aromatic nitrogens is 3. The summed E-state index contributed by atoms with van der Waals surface area (Å²) in [4.78, 5) is 22.4. The van der Waals surface area contributed by atoms with E-state index in [4.69, 9.17) is 15.2 Å². The molecule has 0 aliphatic heterocycles. The maximum absolute atomic E-state index is 11.7. The van der Waals surface area contributed by atoms with E-state index in [-0.39, 0.29) is 6.61 Å². The van der Waals surface area contributed by atoms with Crippen LogP contribution in [0.5, 0.6) is 11.5 Å². The smallest absolute Gasteiger partial charge is 0.318 e. The van der Waals surface area contributed by atoms with Gasteiger partial charge in [-0.15, -0.1) is 10.2 Å². The molecule has 1 aromatic carbocycles. The highest BCUT2D eigenvalue weighted by atomic mass is 32.2. The van der Waals surface area contributed by atoms with Gasteiger partial charge < -0.3 is 19.8 Å². The maximum Gasteiger partial charge on any atom is 0.318 e. The molecule has 0 saturated heterocycles. The highest BCUT2D eigenvalue weighted by Crippen LogP contribution is 2.22. The number of nitrogens with two attached hydrogens (primary N) is 1. The second-order valence-corrected chi connectivity index (χ2v) is 6.34. The molecule has 134 valence electrons. The Morgan fingerprint density at radius 2 is 1.92 bits per heavy atom. The highest BCUT2D eigenvalue weighted by molar-refractivity contribution is 8.00. The van der Waals surface area contributed by atoms with Gasteiger partial charge in [-0.3, -0.25) is 10.1 Å². The van der Waals surface area contributed by atoms with Crippen molar-refractivity contribution in [3.63, 3.8) is 0 Å². The molecule has 10 heteroatoms. The molecule has 0 unspecified atom stereocenters. The van der Waals surface area contributed by atoms with Crippen molar-refractivity contribution in [1.82, 2.24) is 20.1 Å². The number of carbonyl (C=O) groups is 2. The normalized spacial score (nSPS) is 11.6. The molecule has 0 aliphatic carbocycles. The molecule has 0 aliphatic rings. The average molecular weight is 365 g/mol. The molecule has 3 N–H and O–H groups in total. The second kappa shape index (κ2) is 8.38. The van der Waals surface area contributed by atoms with E-state index in [1.807, 2.05) is 5.32 Å². The number of hydrogen-bond donors (Lipinski definition) is 2. The SMILES string of the molecule is COc1ccc(OCc2nnc(S[C@@H](C)C(=O)NC(N)=O)n2C)cc1. The number of nitrogens with one attached hydrogen (secondary N) is 1. The molecule has 1 atom stereocenters. The van der Waals surface area contributed by atoms with Crippen LogP contribution in [0.4, 0.5) is 4.79 Å². The molecule has 0 spiro atoms. The van der Waals surface area contributed by atoms with Crippen LogP contribution in [0.2, 0.25) is 0 Å². The summed E-state index contributed by atoms with van der Waals surface area (Å²) in [6.45, 7) is 1.86. The fourth-order valence-corrected chi connectivity index (χ4v) is 2.66. The molecule has 1 aromatic heterocycles. The zero-order chi connectivity index (χ0) is 18.4. The van der Waals surface area contributed by atoms with Crippen molar-refractivity contribution in [3.8, 4) is 11.5 Å². The average Bonchev–Trinajstić information content (AvgIpc) is 2.93. The van der Waals surface area contributed by atoms with Crippen LogP contribution in [0.25, 0.3) is 0 Å². The first-order valence-corrected chi connectivity index (χ1v) is 8.20. The minimum atomic E-state index is -0.885. The van der Waals surface area contributed by atoms with E-state index in [0.717, 1.165) is 5.75 Å². The monoisotopic (exact) mass is 365 g/mol. The lowest BCUT2D eigenvalue weighted by atomic mass is 10.3. The topological polar surface area (TPSA) is 121 Å². The molecular formula is C15H19N5O4S. The number of ether oxygens (including phenoxy) is 2. The molecular weight excluding hydrogens is 346 g/mol. The molecule has 9 nitrogen and oxygen atoms in total. The number of primary amides is 1. The van der Waals surface area contributed by atoms with Gasteiger partial charge in [0.25, 0.3) is 0 Å². The van der Waals surface area contributed by atoms with E-state index in [1.54, 1.807) is 49.9 Å². The third kappa shape index (κ3) is 5.11. The number of nitrogens with zero attached hydrogens (tertiary/aromatic N) is 3. The minimum absolute atomic E-state index is 0.220. The van der Waals surface area contributed by atoms with Crippen molar-refractivity contribution in [2.24, 2.45) is 12.8 Å². The Hall–Kier alpha value is -2.75. The number of methoxy groups -OCH3 is 1. The minimum Gasteiger partial charge on any atom is -0.497 e. The summed E-state index contributed by atoms with van der Waals surface area (Å²) in [5, 5.41) is 10.1. The van der Waals surface area contributed by atoms with Gasteiger partial charge in [-0.25, -0.2) is 4.79 Å². The zero-order valence-electron chi connectivity index (χ0n) is 14.1. The largest absolute Gasteiger partial charge is 0.497 e. The first-order chi connectivity index (χ1) is 11.9. The number of hydrogen-bond acceptors (Lipinski definition) is 7. The second-order valence-electron chi connectivity index (χ2n) is 5.04. The van der Waals surface area contributed by atoms with Crippen LogP contribution in [0.1, 0.15) is 12.7 Å². The Balaban J connectivity index is 1.95. The van der Waals surface area contributed by atoms with Crippen LogP contribution in [-0.4, -0.2) is 39.1 Å². The molecule has 3 amide bonds. The van der Waals surface area contributed by atoms with Crippen molar-refractivity contribution in [2.75, 3.05) is 7.11 Å². The predicted molar refractivity (Wildman–Crippen MR) is 91.4 cm³/mol. The van der Waals surface area contributed by atoms with Gasteiger partial charge in [0, 0.05) is 7.05 Å². The molecule has 0 fully saturated rings. The van der Waals surface area contributed by atoms with Gasteiger partial charge in [0.15, 0.2) is 11.0 Å². The molecule has 1 heterocycles. The lowest BCUT2D eigenvalue weighted by Crippen LogP contribution is -2.39. The standard InChI is InChI=1S/C15H19N5O4S/c1-9(13(21)17-14(16)22)25-15-19-18-12(20(15)2)8-24-11-6-4-10(23-3)5-7-11/h4-7,9H,8H2,1-3H3,(H3,16,17,21,22)/t9-/m0/s1. The Morgan fingerprint density at radius 1 is 1.28 bits per heavy atom. The van der Waals surface area contributed by atoms with Crippen LogP contribution in [-0.2, 0) is 18.4 Å². The highest BCUT2D eigenvalue weighted by Gasteiger charge is 2.19. The van der Waals surface area contributed by atoms with Crippen LogP contribution in [0.15, 0.2) is 29.4 Å². The van der Waals surface area contributed by atoms with Crippen LogP contribution >= 0.6 is 11.8 Å². The van der Waals surface area contributed by atoms with E-state index in [2.05, 4.69) is 10.2 Å². The van der Waals surface area contributed by atoms with Gasteiger partial charge in [-0.1, -0.05) is 11.8 Å². The molecule has 0 bridgehead atoms. The summed E-state index contributed by atoms with van der Waals surface area (Å²) in [5.41, 5.74) is 4.93. The molecule has 25 heavy (non-hydrogen) atoms. The van der Waals surface area contributed by atoms with Gasteiger partial charge in [0.1, 0.15) is 18.1 Å². The lowest BCUT2D eigenvalue weighted by Gasteiger charge is -2.10. The Morgan fingerprint density at radius 3 is 2.52 bits per heavy atom. The third-order valence-corrected chi connectivity index (χ3v) is 4.38. The summed E-state index contributed by atoms with van der Waals surface area (Å²) in [6, 6.07) is 6.30. The molecule has 2 aromatic rings. The van der Waals surface area contributed by atoms with Gasteiger partial charge in [-0.05, 0) is 31.2 Å². The number of imide groups is 1. The molecule has 0 radical (unpaired) electrons. The van der Waals surface area contributed by atoms with Crippen molar-refractivity contribution >= 4 is 23.7 Å². The summed E-state index contributed by atoms with van der Waals surface area (Å²) in [7, 11) is 3.37. The first-order valence-electron chi connectivity index (χ1n) is 7.32. The molecule has 0 saturated carbocycles. The van der Waals surface area contributed by atoms with Gasteiger partial charge in [0.2, 0.25) is 5.91 Å². The van der Waals surface area contributed by atoms with Crippen molar-refractivity contribution in [3.05, 3.63) is 30.1 Å². The summed E-state index contributed by atoms with van der Waals surface area (Å²) < 4.78 is 12.5. The quantitative estimate of drug-likeness (QED) is 0.704. The fraction of sp³-hybridized carbons (Fsp3) is 0.333. The van der Waals surface area contributed by atoms with Crippen molar-refractivity contribution < 1.29 is 19.1 Å². The predicted octanol–water partition coefficient (Wildman–Crippen LogP) is 1.08. The van der Waals surface area contributed by atoms with Crippen molar-refractivity contribution in [2.45, 2.75) is 23.9 Å². The van der Waals surface area contributed by atoms with Gasteiger partial charge in [-0.2, -0.15) is 0 Å². The maximum atomic E-state index is 11.7. The van der Waals surface area contributed by atoms with E-state index in [9.17, 15) is 9.59 Å². The number of carbonyl (C=O) groups excluding carboxylic acids is 2. The van der Waals surface area contributed by atoms with Crippen LogP contribution in [0, 0.1) is 0 Å². The Labute approximate surface area is 148 Å². The number of urea groups is 1. The number of benzene rings is 1. The van der Waals surface area contributed by atoms with E-state index in [0.29, 0.717) is 16.7 Å². The zero-order valence-corrected chi connectivity index (χ0v) is 14.9.